The Labute approximate surface area is 99.4 Å². The van der Waals surface area contributed by atoms with Crippen LogP contribution in [0, 0.1) is 0 Å². The van der Waals surface area contributed by atoms with E-state index >= 15 is 0 Å². The molecule has 0 aliphatic rings. The highest BCUT2D eigenvalue weighted by Crippen LogP contribution is 2.20. The molecule has 16 heavy (non-hydrogen) atoms. The van der Waals surface area contributed by atoms with Gasteiger partial charge in [0.1, 0.15) is 5.60 Å². The molecule has 0 aromatic carbocycles. The van der Waals surface area contributed by atoms with Crippen molar-refractivity contribution in [2.24, 2.45) is 0 Å². The maximum atomic E-state index is 11.4. The molecule has 0 aromatic heterocycles. The topological polar surface area (TPSA) is 26.3 Å². The van der Waals surface area contributed by atoms with E-state index in [2.05, 4.69) is 26.5 Å². The summed E-state index contributed by atoms with van der Waals surface area (Å²) in [4.78, 5) is 11.4. The van der Waals surface area contributed by atoms with Crippen LogP contribution >= 0.6 is 0 Å². The van der Waals surface area contributed by atoms with Crippen molar-refractivity contribution in [3.63, 3.8) is 0 Å². The number of carbonyl (C=O) groups excluding carboxylic acids is 1. The molecule has 0 saturated heterocycles. The molecule has 0 radical (unpaired) electrons. The minimum atomic E-state index is -0.530. The molecular formula is C14H24O2. The lowest BCUT2D eigenvalue weighted by Crippen LogP contribution is -2.29. The summed E-state index contributed by atoms with van der Waals surface area (Å²) in [6.45, 7) is 11.8. The summed E-state index contributed by atoms with van der Waals surface area (Å²) in [5.74, 6) is -0.137. The van der Waals surface area contributed by atoms with Gasteiger partial charge >= 0.3 is 5.97 Å². The van der Waals surface area contributed by atoms with Crippen molar-refractivity contribution < 1.29 is 9.53 Å². The largest absolute Gasteiger partial charge is 0.455 e. The van der Waals surface area contributed by atoms with Crippen LogP contribution in [0.25, 0.3) is 0 Å². The lowest BCUT2D eigenvalue weighted by Gasteiger charge is -2.25. The molecule has 0 rings (SSSR count). The smallest absolute Gasteiger partial charge is 0.306 e. The lowest BCUT2D eigenvalue weighted by molar-refractivity contribution is -0.154. The van der Waals surface area contributed by atoms with Gasteiger partial charge in [0, 0.05) is 6.42 Å². The first-order valence-corrected chi connectivity index (χ1v) is 5.92. The highest BCUT2D eigenvalue weighted by atomic mass is 16.6. The van der Waals surface area contributed by atoms with E-state index in [9.17, 15) is 4.79 Å². The fourth-order valence-corrected chi connectivity index (χ4v) is 1.36. The van der Waals surface area contributed by atoms with Crippen molar-refractivity contribution in [3.05, 3.63) is 24.3 Å². The van der Waals surface area contributed by atoms with Gasteiger partial charge in [0.25, 0.3) is 0 Å². The molecule has 2 heteroatoms. The van der Waals surface area contributed by atoms with Crippen molar-refractivity contribution in [2.75, 3.05) is 0 Å². The van der Waals surface area contributed by atoms with Gasteiger partial charge in [-0.05, 0) is 46.1 Å². The summed E-state index contributed by atoms with van der Waals surface area (Å²) < 4.78 is 5.42. The number of ether oxygens (including phenoxy) is 1. The molecule has 0 heterocycles. The lowest BCUT2D eigenvalue weighted by atomic mass is 9.99. The third kappa shape index (κ3) is 6.44. The van der Waals surface area contributed by atoms with E-state index in [1.165, 1.54) is 5.57 Å². The molecule has 92 valence electrons. The van der Waals surface area contributed by atoms with E-state index in [-0.39, 0.29) is 5.97 Å². The summed E-state index contributed by atoms with van der Waals surface area (Å²) in [7, 11) is 0. The van der Waals surface area contributed by atoms with Gasteiger partial charge in [0.15, 0.2) is 0 Å². The van der Waals surface area contributed by atoms with E-state index < -0.39 is 5.60 Å². The minimum absolute atomic E-state index is 0.137. The van der Waals surface area contributed by atoms with E-state index in [1.54, 1.807) is 6.08 Å². The fraction of sp³-hybridized carbons (Fsp3) is 0.643. The summed E-state index contributed by atoms with van der Waals surface area (Å²) in [5, 5.41) is 0. The first-order valence-electron chi connectivity index (χ1n) is 5.92. The van der Waals surface area contributed by atoms with Gasteiger partial charge < -0.3 is 4.74 Å². The minimum Gasteiger partial charge on any atom is -0.455 e. The molecule has 0 saturated carbocycles. The fourth-order valence-electron chi connectivity index (χ4n) is 1.36. The van der Waals surface area contributed by atoms with E-state index in [0.717, 1.165) is 19.3 Å². The maximum Gasteiger partial charge on any atom is 0.306 e. The highest BCUT2D eigenvalue weighted by Gasteiger charge is 2.23. The molecule has 1 atom stereocenters. The maximum absolute atomic E-state index is 11.4. The van der Waals surface area contributed by atoms with Crippen LogP contribution in [0.3, 0.4) is 0 Å². The zero-order valence-corrected chi connectivity index (χ0v) is 11.0. The van der Waals surface area contributed by atoms with Crippen LogP contribution in [0.15, 0.2) is 24.3 Å². The Kier molecular flexibility index (Phi) is 6.78. The van der Waals surface area contributed by atoms with E-state index in [4.69, 9.17) is 4.74 Å². The average molecular weight is 224 g/mol. The number of esters is 1. The van der Waals surface area contributed by atoms with Gasteiger partial charge in [-0.25, -0.2) is 0 Å². The van der Waals surface area contributed by atoms with Gasteiger partial charge in [-0.2, -0.15) is 0 Å². The molecular weight excluding hydrogens is 200 g/mol. The second-order valence-electron chi connectivity index (χ2n) is 4.56. The van der Waals surface area contributed by atoms with Crippen LogP contribution in [-0.2, 0) is 9.53 Å². The Morgan fingerprint density at radius 2 is 2.06 bits per heavy atom. The van der Waals surface area contributed by atoms with Crippen molar-refractivity contribution in [2.45, 2.75) is 59.0 Å². The Bertz CT molecular complexity index is 262. The van der Waals surface area contributed by atoms with Crippen LogP contribution in [0.2, 0.25) is 0 Å². The quantitative estimate of drug-likeness (QED) is 0.482. The second kappa shape index (κ2) is 7.26. The molecule has 0 aliphatic carbocycles. The summed E-state index contributed by atoms with van der Waals surface area (Å²) in [6, 6.07) is 0. The molecule has 0 spiro atoms. The second-order valence-corrected chi connectivity index (χ2v) is 4.56. The van der Waals surface area contributed by atoms with Crippen LogP contribution in [0.5, 0.6) is 0 Å². The summed E-state index contributed by atoms with van der Waals surface area (Å²) in [5.41, 5.74) is 0.754. The van der Waals surface area contributed by atoms with Crippen LogP contribution in [-0.4, -0.2) is 11.6 Å². The molecule has 0 aliphatic heterocycles. The summed E-state index contributed by atoms with van der Waals surface area (Å²) >= 11 is 0. The number of hydrogen-bond donors (Lipinski definition) is 0. The Morgan fingerprint density at radius 3 is 2.50 bits per heavy atom. The van der Waals surface area contributed by atoms with Crippen molar-refractivity contribution >= 4 is 5.97 Å². The number of allylic oxidation sites excluding steroid dienone is 2. The number of hydrogen-bond acceptors (Lipinski definition) is 2. The van der Waals surface area contributed by atoms with Crippen molar-refractivity contribution in [3.8, 4) is 0 Å². The van der Waals surface area contributed by atoms with Gasteiger partial charge in [-0.15, -0.1) is 0 Å². The van der Waals surface area contributed by atoms with Gasteiger partial charge in [0.2, 0.25) is 0 Å². The third-order valence-corrected chi connectivity index (χ3v) is 2.43. The Hall–Kier alpha value is -1.05. The normalized spacial score (nSPS) is 13.8. The van der Waals surface area contributed by atoms with Crippen molar-refractivity contribution in [1.82, 2.24) is 0 Å². The van der Waals surface area contributed by atoms with Gasteiger partial charge in [-0.1, -0.05) is 25.2 Å². The molecule has 1 unspecified atom stereocenters. The van der Waals surface area contributed by atoms with Crippen LogP contribution in [0.1, 0.15) is 53.4 Å². The first kappa shape index (κ1) is 14.9. The predicted octanol–water partition coefficient (Wildman–Crippen LogP) is 4.02. The standard InChI is InChI=1S/C14H24O2/c1-6-9-13(15)16-14(5,7-2)11-8-10-12(3)4/h7,10H,2,6,8-9,11H2,1,3-5H3. The summed E-state index contributed by atoms with van der Waals surface area (Å²) in [6.07, 6.45) is 6.86. The molecule has 0 fully saturated rings. The third-order valence-electron chi connectivity index (χ3n) is 2.43. The Morgan fingerprint density at radius 1 is 1.44 bits per heavy atom. The average Bonchev–Trinajstić information content (AvgIpc) is 2.17. The highest BCUT2D eigenvalue weighted by molar-refractivity contribution is 5.70. The van der Waals surface area contributed by atoms with E-state index in [1.807, 2.05) is 13.8 Å². The van der Waals surface area contributed by atoms with E-state index in [0.29, 0.717) is 6.42 Å². The first-order chi connectivity index (χ1) is 7.43. The SMILES string of the molecule is C=CC(C)(CCC=C(C)C)OC(=O)CCC. The Balaban J connectivity index is 4.25. The van der Waals surface area contributed by atoms with Crippen LogP contribution in [0.4, 0.5) is 0 Å². The van der Waals surface area contributed by atoms with Crippen LogP contribution < -0.4 is 0 Å². The molecule has 0 amide bonds. The molecule has 0 bridgehead atoms. The van der Waals surface area contributed by atoms with Crippen molar-refractivity contribution in [1.29, 1.82) is 0 Å². The zero-order valence-electron chi connectivity index (χ0n) is 11.0. The molecule has 0 aromatic rings. The predicted molar refractivity (Wildman–Crippen MR) is 68.3 cm³/mol. The zero-order chi connectivity index (χ0) is 12.6. The number of carbonyl (C=O) groups is 1. The molecule has 2 nitrogen and oxygen atoms in total. The monoisotopic (exact) mass is 224 g/mol. The number of rotatable bonds is 7. The molecule has 0 N–H and O–H groups in total. The van der Waals surface area contributed by atoms with Gasteiger partial charge in [-0.3, -0.25) is 4.79 Å². The van der Waals surface area contributed by atoms with Gasteiger partial charge in [0.05, 0.1) is 0 Å².